The maximum atomic E-state index is 12.8. The van der Waals surface area contributed by atoms with Crippen LogP contribution in [0.2, 0.25) is 9.36 Å². The van der Waals surface area contributed by atoms with E-state index >= 15 is 0 Å². The van der Waals surface area contributed by atoms with E-state index in [4.69, 9.17) is 23.2 Å². The molecule has 0 spiro atoms. The molecular formula is C25H17Cl2N3OS. The first kappa shape index (κ1) is 20.8. The Labute approximate surface area is 199 Å². The second-order valence-corrected chi connectivity index (χ2v) is 9.48. The van der Waals surface area contributed by atoms with Crippen LogP contribution >= 0.6 is 34.5 Å². The maximum Gasteiger partial charge on any atom is 0.255 e. The molecule has 0 unspecified atom stereocenters. The van der Waals surface area contributed by atoms with Gasteiger partial charge in [-0.05, 0) is 65.7 Å². The van der Waals surface area contributed by atoms with Crippen LogP contribution in [0.25, 0.3) is 21.3 Å². The van der Waals surface area contributed by atoms with Crippen LogP contribution in [0, 0.1) is 0 Å². The zero-order valence-electron chi connectivity index (χ0n) is 16.8. The summed E-state index contributed by atoms with van der Waals surface area (Å²) in [5, 5.41) is 4.30. The van der Waals surface area contributed by atoms with E-state index in [1.807, 2.05) is 61.1 Å². The summed E-state index contributed by atoms with van der Waals surface area (Å²) in [7, 11) is 0. The number of halogens is 2. The third-order valence-electron chi connectivity index (χ3n) is 5.11. The molecule has 32 heavy (non-hydrogen) atoms. The number of thiophene rings is 1. The van der Waals surface area contributed by atoms with Crippen LogP contribution in [0.5, 0.6) is 0 Å². The molecule has 0 bridgehead atoms. The van der Waals surface area contributed by atoms with Crippen LogP contribution in [0.3, 0.4) is 0 Å². The number of amides is 1. The van der Waals surface area contributed by atoms with Crippen molar-refractivity contribution in [3.8, 4) is 10.4 Å². The van der Waals surface area contributed by atoms with Crippen LogP contribution in [0.4, 0.5) is 5.69 Å². The van der Waals surface area contributed by atoms with E-state index < -0.39 is 0 Å². The van der Waals surface area contributed by atoms with Crippen molar-refractivity contribution in [1.82, 2.24) is 9.55 Å². The average Bonchev–Trinajstić information content (AvgIpc) is 3.46. The molecule has 1 N–H and O–H groups in total. The number of anilines is 1. The number of carbonyl (C=O) groups is 1. The number of fused-ring (bicyclic) bond motifs is 1. The molecule has 1 amide bonds. The lowest BCUT2D eigenvalue weighted by Crippen LogP contribution is -2.12. The smallest absolute Gasteiger partial charge is 0.255 e. The lowest BCUT2D eigenvalue weighted by molar-refractivity contribution is 0.102. The topological polar surface area (TPSA) is 46.9 Å². The molecule has 0 saturated carbocycles. The highest BCUT2D eigenvalue weighted by Gasteiger charge is 2.12. The number of pyridine rings is 1. The van der Waals surface area contributed by atoms with E-state index in [0.717, 1.165) is 37.8 Å². The SMILES string of the molecule is O=C(Nc1cc2ncc(Cn3cccc3)cc2cc1Cl)c1ccc(-c2ccc(Cl)s2)cc1. The third-order valence-corrected chi connectivity index (χ3v) is 6.70. The first-order valence-electron chi connectivity index (χ1n) is 9.91. The lowest BCUT2D eigenvalue weighted by atomic mass is 10.1. The minimum absolute atomic E-state index is 0.230. The second-order valence-electron chi connectivity index (χ2n) is 7.36. The van der Waals surface area contributed by atoms with Crippen molar-refractivity contribution in [1.29, 1.82) is 0 Å². The number of hydrogen-bond donors (Lipinski definition) is 1. The molecule has 0 radical (unpaired) electrons. The molecule has 7 heteroatoms. The summed E-state index contributed by atoms with van der Waals surface area (Å²) in [6, 6.07) is 20.9. The van der Waals surface area contributed by atoms with Crippen LogP contribution in [0.1, 0.15) is 15.9 Å². The summed E-state index contributed by atoms with van der Waals surface area (Å²) in [6.45, 7) is 0.736. The Morgan fingerprint density at radius 2 is 1.78 bits per heavy atom. The zero-order valence-corrected chi connectivity index (χ0v) is 19.1. The third kappa shape index (κ3) is 4.41. The first-order chi connectivity index (χ1) is 15.5. The Bertz CT molecular complexity index is 1410. The molecule has 2 aromatic carbocycles. The highest BCUT2D eigenvalue weighted by Crippen LogP contribution is 2.32. The molecule has 5 rings (SSSR count). The summed E-state index contributed by atoms with van der Waals surface area (Å²) in [5.41, 5.74) is 3.94. The van der Waals surface area contributed by atoms with Gasteiger partial charge in [-0.3, -0.25) is 9.78 Å². The van der Waals surface area contributed by atoms with Gasteiger partial charge < -0.3 is 9.88 Å². The molecule has 3 heterocycles. The number of carbonyl (C=O) groups excluding carboxylic acids is 1. The van der Waals surface area contributed by atoms with E-state index in [9.17, 15) is 4.79 Å². The molecule has 0 fully saturated rings. The maximum absolute atomic E-state index is 12.8. The first-order valence-corrected chi connectivity index (χ1v) is 11.5. The zero-order chi connectivity index (χ0) is 22.1. The van der Waals surface area contributed by atoms with Crippen molar-refractivity contribution in [2.75, 3.05) is 5.32 Å². The average molecular weight is 478 g/mol. The van der Waals surface area contributed by atoms with Crippen molar-refractivity contribution in [3.63, 3.8) is 0 Å². The second kappa shape index (κ2) is 8.79. The van der Waals surface area contributed by atoms with E-state index in [2.05, 4.69) is 20.9 Å². The molecule has 0 aliphatic rings. The minimum Gasteiger partial charge on any atom is -0.350 e. The Morgan fingerprint density at radius 3 is 2.50 bits per heavy atom. The largest absolute Gasteiger partial charge is 0.350 e. The number of nitrogens with one attached hydrogen (secondary N) is 1. The fraction of sp³-hybridized carbons (Fsp3) is 0.0400. The summed E-state index contributed by atoms with van der Waals surface area (Å²) in [6.07, 6.45) is 5.87. The number of aromatic nitrogens is 2. The molecule has 5 aromatic rings. The van der Waals surface area contributed by atoms with Crippen molar-refractivity contribution in [2.24, 2.45) is 0 Å². The molecule has 0 aliphatic heterocycles. The highest BCUT2D eigenvalue weighted by atomic mass is 35.5. The fourth-order valence-electron chi connectivity index (χ4n) is 3.51. The van der Waals surface area contributed by atoms with Crippen molar-refractivity contribution >= 4 is 57.0 Å². The van der Waals surface area contributed by atoms with Gasteiger partial charge in [0, 0.05) is 41.0 Å². The van der Waals surface area contributed by atoms with Crippen molar-refractivity contribution in [2.45, 2.75) is 6.54 Å². The number of nitrogens with zero attached hydrogens (tertiary/aromatic N) is 2. The Morgan fingerprint density at radius 1 is 1.00 bits per heavy atom. The standard InChI is InChI=1S/C25H17Cl2N3OS/c26-20-12-19-11-16(15-30-9-1-2-10-30)14-28-21(19)13-22(20)29-25(31)18-5-3-17(4-6-18)23-7-8-24(27)32-23/h1-14H,15H2,(H,29,31). The Hall–Kier alpha value is -3.12. The molecule has 0 atom stereocenters. The minimum atomic E-state index is -0.230. The van der Waals surface area contributed by atoms with Crippen LogP contribution in [0.15, 0.2) is 85.3 Å². The summed E-state index contributed by atoms with van der Waals surface area (Å²) in [5.74, 6) is -0.230. The number of rotatable bonds is 5. The molecule has 158 valence electrons. The quantitative estimate of drug-likeness (QED) is 0.287. The normalized spacial score (nSPS) is 11.1. The predicted molar refractivity (Wildman–Crippen MR) is 133 cm³/mol. The van der Waals surface area contributed by atoms with E-state index in [0.29, 0.717) is 16.3 Å². The highest BCUT2D eigenvalue weighted by molar-refractivity contribution is 7.19. The Kier molecular flexibility index (Phi) is 5.70. The molecule has 3 aromatic heterocycles. The van der Waals surface area contributed by atoms with Gasteiger partial charge in [0.1, 0.15) is 0 Å². The van der Waals surface area contributed by atoms with E-state index in [1.165, 1.54) is 11.3 Å². The molecular weight excluding hydrogens is 461 g/mol. The van der Waals surface area contributed by atoms with Gasteiger partial charge in [-0.15, -0.1) is 11.3 Å². The summed E-state index contributed by atoms with van der Waals surface area (Å²) < 4.78 is 2.82. The number of benzene rings is 2. The molecule has 4 nitrogen and oxygen atoms in total. The molecule has 0 saturated heterocycles. The van der Waals surface area contributed by atoms with Gasteiger partial charge in [0.15, 0.2) is 0 Å². The van der Waals surface area contributed by atoms with Gasteiger partial charge in [-0.25, -0.2) is 0 Å². The van der Waals surface area contributed by atoms with E-state index in [1.54, 1.807) is 18.2 Å². The van der Waals surface area contributed by atoms with Crippen molar-refractivity contribution < 1.29 is 4.79 Å². The predicted octanol–water partition coefficient (Wildman–Crippen LogP) is 7.37. The van der Waals surface area contributed by atoms with Gasteiger partial charge in [0.2, 0.25) is 0 Å². The molecule has 0 aliphatic carbocycles. The van der Waals surface area contributed by atoms with Crippen LogP contribution in [-0.4, -0.2) is 15.5 Å². The van der Waals surface area contributed by atoms with Crippen LogP contribution < -0.4 is 5.32 Å². The van der Waals surface area contributed by atoms with Gasteiger partial charge in [-0.1, -0.05) is 35.3 Å². The van der Waals surface area contributed by atoms with Crippen LogP contribution in [-0.2, 0) is 6.54 Å². The van der Waals surface area contributed by atoms with Gasteiger partial charge in [0.25, 0.3) is 5.91 Å². The van der Waals surface area contributed by atoms with Crippen molar-refractivity contribution in [3.05, 3.63) is 106 Å². The van der Waals surface area contributed by atoms with Gasteiger partial charge in [0.05, 0.1) is 20.6 Å². The summed E-state index contributed by atoms with van der Waals surface area (Å²) in [4.78, 5) is 18.4. The summed E-state index contributed by atoms with van der Waals surface area (Å²) >= 11 is 14.0. The Balaban J connectivity index is 1.35. The fourth-order valence-corrected chi connectivity index (χ4v) is 4.78. The lowest BCUT2D eigenvalue weighted by Gasteiger charge is -2.10. The van der Waals surface area contributed by atoms with Gasteiger partial charge in [-0.2, -0.15) is 0 Å². The van der Waals surface area contributed by atoms with Gasteiger partial charge >= 0.3 is 0 Å². The number of hydrogen-bond acceptors (Lipinski definition) is 3. The monoisotopic (exact) mass is 477 g/mol. The van der Waals surface area contributed by atoms with E-state index in [-0.39, 0.29) is 5.91 Å².